The van der Waals surface area contributed by atoms with Gasteiger partial charge in [-0.2, -0.15) is 0 Å². The van der Waals surface area contributed by atoms with Gasteiger partial charge in [-0.25, -0.2) is 4.79 Å². The van der Waals surface area contributed by atoms with Crippen LogP contribution < -0.4 is 4.74 Å². The monoisotopic (exact) mass is 218 g/mol. The molecule has 2 rings (SSSR count). The molecular weight excluding hydrogens is 204 g/mol. The minimum absolute atomic E-state index is 0.0930. The summed E-state index contributed by atoms with van der Waals surface area (Å²) in [6.45, 7) is 3.65. The van der Waals surface area contributed by atoms with Gasteiger partial charge in [-0.15, -0.1) is 6.58 Å². The fraction of sp³-hybridized carbons (Fsp3) is 0.308. The SMILES string of the molecule is C=CC[C@@H]1Cc2cccc(OC)c2C(=O)O1. The first-order valence-electron chi connectivity index (χ1n) is 5.24. The van der Waals surface area contributed by atoms with Gasteiger partial charge in [0.15, 0.2) is 0 Å². The second-order valence-corrected chi connectivity index (χ2v) is 3.75. The molecule has 0 radical (unpaired) electrons. The van der Waals surface area contributed by atoms with E-state index in [-0.39, 0.29) is 12.1 Å². The lowest BCUT2D eigenvalue weighted by molar-refractivity contribution is 0.0261. The molecule has 1 aromatic carbocycles. The van der Waals surface area contributed by atoms with Crippen molar-refractivity contribution in [2.75, 3.05) is 7.11 Å². The zero-order valence-corrected chi connectivity index (χ0v) is 9.23. The fourth-order valence-electron chi connectivity index (χ4n) is 1.96. The highest BCUT2D eigenvalue weighted by Crippen LogP contribution is 2.29. The van der Waals surface area contributed by atoms with Gasteiger partial charge in [-0.05, 0) is 11.6 Å². The molecule has 0 saturated carbocycles. The first-order valence-corrected chi connectivity index (χ1v) is 5.24. The van der Waals surface area contributed by atoms with Crippen LogP contribution in [-0.4, -0.2) is 19.2 Å². The van der Waals surface area contributed by atoms with Crippen LogP contribution in [0.1, 0.15) is 22.3 Å². The summed E-state index contributed by atoms with van der Waals surface area (Å²) in [5.74, 6) is 0.283. The predicted octanol–water partition coefficient (Wildman–Crippen LogP) is 2.35. The zero-order chi connectivity index (χ0) is 11.5. The molecule has 1 aliphatic rings. The molecule has 0 fully saturated rings. The van der Waals surface area contributed by atoms with Crippen LogP contribution in [0.25, 0.3) is 0 Å². The molecule has 3 nitrogen and oxygen atoms in total. The molecule has 0 spiro atoms. The first kappa shape index (κ1) is 10.7. The maximum absolute atomic E-state index is 11.8. The third-order valence-corrected chi connectivity index (χ3v) is 2.69. The molecule has 3 heteroatoms. The van der Waals surface area contributed by atoms with Gasteiger partial charge in [-0.1, -0.05) is 18.2 Å². The molecule has 0 amide bonds. The van der Waals surface area contributed by atoms with Crippen LogP contribution in [-0.2, 0) is 11.2 Å². The number of carbonyl (C=O) groups excluding carboxylic acids is 1. The van der Waals surface area contributed by atoms with Crippen molar-refractivity contribution in [1.82, 2.24) is 0 Å². The van der Waals surface area contributed by atoms with E-state index < -0.39 is 0 Å². The smallest absolute Gasteiger partial charge is 0.342 e. The predicted molar refractivity (Wildman–Crippen MR) is 60.7 cm³/mol. The van der Waals surface area contributed by atoms with Crippen LogP contribution in [0.3, 0.4) is 0 Å². The van der Waals surface area contributed by atoms with Crippen molar-refractivity contribution < 1.29 is 14.3 Å². The lowest BCUT2D eigenvalue weighted by atomic mass is 9.96. The van der Waals surface area contributed by atoms with Crippen LogP contribution in [0, 0.1) is 0 Å². The number of rotatable bonds is 3. The summed E-state index contributed by atoms with van der Waals surface area (Å²) in [7, 11) is 1.55. The summed E-state index contributed by atoms with van der Waals surface area (Å²) >= 11 is 0. The van der Waals surface area contributed by atoms with Gasteiger partial charge in [0.2, 0.25) is 0 Å². The number of fused-ring (bicyclic) bond motifs is 1. The van der Waals surface area contributed by atoms with E-state index in [1.807, 2.05) is 12.1 Å². The average molecular weight is 218 g/mol. The maximum atomic E-state index is 11.8. The average Bonchev–Trinajstić information content (AvgIpc) is 2.28. The van der Waals surface area contributed by atoms with Gasteiger partial charge in [0, 0.05) is 12.8 Å². The molecule has 1 atom stereocenters. The van der Waals surface area contributed by atoms with Crippen LogP contribution in [0.2, 0.25) is 0 Å². The number of hydrogen-bond donors (Lipinski definition) is 0. The third kappa shape index (κ3) is 1.81. The maximum Gasteiger partial charge on any atom is 0.342 e. The molecule has 16 heavy (non-hydrogen) atoms. The minimum atomic E-state index is -0.300. The fourth-order valence-corrected chi connectivity index (χ4v) is 1.96. The highest BCUT2D eigenvalue weighted by atomic mass is 16.5. The van der Waals surface area contributed by atoms with Crippen molar-refractivity contribution in [2.45, 2.75) is 18.9 Å². The highest BCUT2D eigenvalue weighted by molar-refractivity contribution is 5.95. The number of hydrogen-bond acceptors (Lipinski definition) is 3. The number of methoxy groups -OCH3 is 1. The lowest BCUT2D eigenvalue weighted by Crippen LogP contribution is -2.27. The van der Waals surface area contributed by atoms with E-state index >= 15 is 0 Å². The Morgan fingerprint density at radius 2 is 2.44 bits per heavy atom. The molecule has 1 aromatic rings. The van der Waals surface area contributed by atoms with Gasteiger partial charge < -0.3 is 9.47 Å². The summed E-state index contributed by atoms with van der Waals surface area (Å²) < 4.78 is 10.5. The molecule has 0 N–H and O–H groups in total. The Balaban J connectivity index is 2.37. The van der Waals surface area contributed by atoms with Crippen molar-refractivity contribution in [2.24, 2.45) is 0 Å². The van der Waals surface area contributed by atoms with Crippen molar-refractivity contribution in [3.8, 4) is 5.75 Å². The normalized spacial score (nSPS) is 18.6. The van der Waals surface area contributed by atoms with Crippen LogP contribution in [0.15, 0.2) is 30.9 Å². The molecule has 0 aromatic heterocycles. The Labute approximate surface area is 94.7 Å². The van der Waals surface area contributed by atoms with Crippen LogP contribution >= 0.6 is 0 Å². The van der Waals surface area contributed by atoms with Crippen molar-refractivity contribution in [3.05, 3.63) is 42.0 Å². The van der Waals surface area contributed by atoms with E-state index in [1.165, 1.54) is 0 Å². The largest absolute Gasteiger partial charge is 0.496 e. The second-order valence-electron chi connectivity index (χ2n) is 3.75. The standard InChI is InChI=1S/C13H14O3/c1-3-5-10-8-9-6-4-7-11(15-2)12(9)13(14)16-10/h3-4,6-7,10H,1,5,8H2,2H3/t10-/m1/s1. The quantitative estimate of drug-likeness (QED) is 0.577. The first-order chi connectivity index (χ1) is 7.76. The number of benzene rings is 1. The van der Waals surface area contributed by atoms with Crippen molar-refractivity contribution in [1.29, 1.82) is 0 Å². The third-order valence-electron chi connectivity index (χ3n) is 2.69. The van der Waals surface area contributed by atoms with E-state index in [0.717, 1.165) is 12.0 Å². The minimum Gasteiger partial charge on any atom is -0.496 e. The molecular formula is C13H14O3. The lowest BCUT2D eigenvalue weighted by Gasteiger charge is -2.24. The zero-order valence-electron chi connectivity index (χ0n) is 9.23. The van der Waals surface area contributed by atoms with Crippen molar-refractivity contribution in [3.63, 3.8) is 0 Å². The van der Waals surface area contributed by atoms with Gasteiger partial charge in [0.25, 0.3) is 0 Å². The number of carbonyl (C=O) groups is 1. The molecule has 84 valence electrons. The number of esters is 1. The van der Waals surface area contributed by atoms with E-state index in [0.29, 0.717) is 17.7 Å². The van der Waals surface area contributed by atoms with Crippen LogP contribution in [0.4, 0.5) is 0 Å². The Kier molecular flexibility index (Phi) is 2.95. The Bertz CT molecular complexity index is 423. The van der Waals surface area contributed by atoms with Crippen molar-refractivity contribution >= 4 is 5.97 Å². The Morgan fingerprint density at radius 3 is 3.12 bits per heavy atom. The topological polar surface area (TPSA) is 35.5 Å². The van der Waals surface area contributed by atoms with Gasteiger partial charge in [0.05, 0.1) is 7.11 Å². The van der Waals surface area contributed by atoms with Gasteiger partial charge in [-0.3, -0.25) is 0 Å². The molecule has 0 unspecified atom stereocenters. The van der Waals surface area contributed by atoms with E-state index in [2.05, 4.69) is 6.58 Å². The second kappa shape index (κ2) is 4.39. The van der Waals surface area contributed by atoms with E-state index in [1.54, 1.807) is 19.3 Å². The number of ether oxygens (including phenoxy) is 2. The molecule has 0 aliphatic carbocycles. The Hall–Kier alpha value is -1.77. The molecule has 0 saturated heterocycles. The molecule has 0 bridgehead atoms. The summed E-state index contributed by atoms with van der Waals surface area (Å²) in [6, 6.07) is 5.60. The van der Waals surface area contributed by atoms with Crippen LogP contribution in [0.5, 0.6) is 5.75 Å². The van der Waals surface area contributed by atoms with Gasteiger partial charge >= 0.3 is 5.97 Å². The summed E-state index contributed by atoms with van der Waals surface area (Å²) in [5.41, 5.74) is 1.55. The van der Waals surface area contributed by atoms with E-state index in [4.69, 9.17) is 9.47 Å². The summed E-state index contributed by atoms with van der Waals surface area (Å²) in [5, 5.41) is 0. The van der Waals surface area contributed by atoms with Gasteiger partial charge in [0.1, 0.15) is 17.4 Å². The van der Waals surface area contributed by atoms with E-state index in [9.17, 15) is 4.79 Å². The summed E-state index contributed by atoms with van der Waals surface area (Å²) in [4.78, 5) is 11.8. The Morgan fingerprint density at radius 1 is 1.62 bits per heavy atom. The highest BCUT2D eigenvalue weighted by Gasteiger charge is 2.28. The molecule has 1 aliphatic heterocycles. The molecule has 1 heterocycles. The summed E-state index contributed by atoms with van der Waals surface area (Å²) in [6.07, 6.45) is 3.08. The number of cyclic esters (lactones) is 1.